The summed E-state index contributed by atoms with van der Waals surface area (Å²) in [4.78, 5) is 0. The van der Waals surface area contributed by atoms with Gasteiger partial charge >= 0.3 is 0 Å². The number of nitrogens with one attached hydrogen (secondary N) is 1. The Bertz CT molecular complexity index is 566. The van der Waals surface area contributed by atoms with Crippen LogP contribution in [-0.2, 0) is 6.42 Å². The molecule has 0 saturated heterocycles. The molecule has 1 nitrogen and oxygen atoms in total. The first kappa shape index (κ1) is 13.5. The number of benzene rings is 2. The van der Waals surface area contributed by atoms with Crippen LogP contribution in [0.2, 0.25) is 0 Å². The smallest absolute Gasteiger partial charge is 0.128 e. The Morgan fingerprint density at radius 3 is 2.63 bits per heavy atom. The average molecular weight is 261 g/mol. The van der Waals surface area contributed by atoms with E-state index in [0.717, 1.165) is 24.2 Å². The lowest BCUT2D eigenvalue weighted by atomic mass is 10.1. The van der Waals surface area contributed by atoms with Gasteiger partial charge in [-0.15, -0.1) is 0 Å². The topological polar surface area (TPSA) is 12.0 Å². The van der Waals surface area contributed by atoms with E-state index in [1.807, 2.05) is 31.2 Å². The molecule has 0 aliphatic carbocycles. The van der Waals surface area contributed by atoms with Gasteiger partial charge in [-0.3, -0.25) is 0 Å². The molecular formula is C16H17F2N. The molecule has 0 saturated carbocycles. The van der Waals surface area contributed by atoms with Crippen molar-refractivity contribution >= 4 is 5.69 Å². The molecule has 2 aromatic rings. The van der Waals surface area contributed by atoms with E-state index in [2.05, 4.69) is 12.2 Å². The zero-order chi connectivity index (χ0) is 13.8. The monoisotopic (exact) mass is 261 g/mol. The first-order valence-corrected chi connectivity index (χ1v) is 6.40. The molecule has 0 aromatic heterocycles. The lowest BCUT2D eigenvalue weighted by Crippen LogP contribution is -2.09. The Morgan fingerprint density at radius 1 is 1.11 bits per heavy atom. The summed E-state index contributed by atoms with van der Waals surface area (Å²) in [7, 11) is 0. The van der Waals surface area contributed by atoms with Gasteiger partial charge in [0, 0.05) is 11.3 Å². The van der Waals surface area contributed by atoms with Crippen LogP contribution in [0.4, 0.5) is 14.5 Å². The fraction of sp³-hybridized carbons (Fsp3) is 0.250. The molecular weight excluding hydrogens is 244 g/mol. The van der Waals surface area contributed by atoms with Gasteiger partial charge in [0.1, 0.15) is 11.6 Å². The number of halogens is 2. The maximum Gasteiger partial charge on any atom is 0.128 e. The largest absolute Gasteiger partial charge is 0.378 e. The summed E-state index contributed by atoms with van der Waals surface area (Å²) < 4.78 is 26.8. The molecule has 0 radical (unpaired) electrons. The van der Waals surface area contributed by atoms with E-state index in [9.17, 15) is 8.78 Å². The minimum Gasteiger partial charge on any atom is -0.378 e. The maximum absolute atomic E-state index is 13.7. The van der Waals surface area contributed by atoms with E-state index >= 15 is 0 Å². The van der Waals surface area contributed by atoms with Crippen LogP contribution in [0.1, 0.15) is 31.0 Å². The average Bonchev–Trinajstić information content (AvgIpc) is 2.41. The molecule has 3 heteroatoms. The molecule has 0 spiro atoms. The second kappa shape index (κ2) is 5.83. The van der Waals surface area contributed by atoms with Gasteiger partial charge in [-0.05, 0) is 49.2 Å². The summed E-state index contributed by atoms with van der Waals surface area (Å²) in [6.45, 7) is 3.89. The lowest BCUT2D eigenvalue weighted by molar-refractivity contribution is 0.577. The minimum absolute atomic E-state index is 0.289. The second-order valence-electron chi connectivity index (χ2n) is 4.59. The molecule has 0 heterocycles. The van der Waals surface area contributed by atoms with E-state index in [0.29, 0.717) is 5.56 Å². The lowest BCUT2D eigenvalue weighted by Gasteiger charge is -2.17. The van der Waals surface area contributed by atoms with Crippen molar-refractivity contribution in [2.45, 2.75) is 26.3 Å². The van der Waals surface area contributed by atoms with Crippen molar-refractivity contribution in [1.82, 2.24) is 0 Å². The quantitative estimate of drug-likeness (QED) is 0.841. The molecule has 19 heavy (non-hydrogen) atoms. The Kier molecular flexibility index (Phi) is 4.15. The van der Waals surface area contributed by atoms with Crippen molar-refractivity contribution in [3.05, 3.63) is 65.2 Å². The van der Waals surface area contributed by atoms with Gasteiger partial charge in [-0.1, -0.05) is 19.1 Å². The molecule has 1 N–H and O–H groups in total. The van der Waals surface area contributed by atoms with Crippen LogP contribution in [0.5, 0.6) is 0 Å². The van der Waals surface area contributed by atoms with Crippen LogP contribution in [0, 0.1) is 11.6 Å². The molecule has 0 aliphatic rings. The number of hydrogen-bond acceptors (Lipinski definition) is 1. The fourth-order valence-electron chi connectivity index (χ4n) is 2.06. The fourth-order valence-corrected chi connectivity index (χ4v) is 2.06. The summed E-state index contributed by atoms with van der Waals surface area (Å²) in [5, 5.41) is 3.19. The van der Waals surface area contributed by atoms with Crippen LogP contribution < -0.4 is 5.32 Å². The third-order valence-corrected chi connectivity index (χ3v) is 3.14. The Hall–Kier alpha value is -1.90. The van der Waals surface area contributed by atoms with Crippen molar-refractivity contribution in [3.8, 4) is 0 Å². The standard InChI is InChI=1S/C16H17F2N/c1-3-12-5-4-6-14(9-12)19-11(2)15-10-13(17)7-8-16(15)18/h4-11,19H,3H2,1-2H3. The summed E-state index contributed by atoms with van der Waals surface area (Å²) in [5.74, 6) is -0.819. The van der Waals surface area contributed by atoms with Crippen LogP contribution in [0.3, 0.4) is 0 Å². The third kappa shape index (κ3) is 3.31. The van der Waals surface area contributed by atoms with Crippen molar-refractivity contribution in [2.75, 3.05) is 5.32 Å². The molecule has 0 aliphatic heterocycles. The van der Waals surface area contributed by atoms with Gasteiger partial charge < -0.3 is 5.32 Å². The highest BCUT2D eigenvalue weighted by Gasteiger charge is 2.12. The predicted octanol–water partition coefficient (Wildman–Crippen LogP) is 4.70. The van der Waals surface area contributed by atoms with Crippen LogP contribution in [0.15, 0.2) is 42.5 Å². The second-order valence-corrected chi connectivity index (χ2v) is 4.59. The Morgan fingerprint density at radius 2 is 1.89 bits per heavy atom. The molecule has 2 rings (SSSR count). The first-order valence-electron chi connectivity index (χ1n) is 6.40. The van der Waals surface area contributed by atoms with E-state index in [1.54, 1.807) is 0 Å². The molecule has 0 fully saturated rings. The number of anilines is 1. The van der Waals surface area contributed by atoms with Crippen LogP contribution in [-0.4, -0.2) is 0 Å². The van der Waals surface area contributed by atoms with Gasteiger partial charge in [0.15, 0.2) is 0 Å². The summed E-state index contributed by atoms with van der Waals surface area (Å²) >= 11 is 0. The molecule has 0 bridgehead atoms. The van der Waals surface area contributed by atoms with E-state index in [-0.39, 0.29) is 6.04 Å². The molecule has 2 aromatic carbocycles. The highest BCUT2D eigenvalue weighted by molar-refractivity contribution is 5.47. The number of hydrogen-bond donors (Lipinski definition) is 1. The predicted molar refractivity (Wildman–Crippen MR) is 74.2 cm³/mol. The van der Waals surface area contributed by atoms with Crippen molar-refractivity contribution < 1.29 is 8.78 Å². The van der Waals surface area contributed by atoms with E-state index in [1.165, 1.54) is 11.6 Å². The van der Waals surface area contributed by atoms with Crippen LogP contribution in [0.25, 0.3) is 0 Å². The highest BCUT2D eigenvalue weighted by Crippen LogP contribution is 2.23. The first-order chi connectivity index (χ1) is 9.10. The van der Waals surface area contributed by atoms with Crippen molar-refractivity contribution in [1.29, 1.82) is 0 Å². The zero-order valence-electron chi connectivity index (χ0n) is 11.1. The van der Waals surface area contributed by atoms with Gasteiger partial charge in [0.2, 0.25) is 0 Å². The Balaban J connectivity index is 2.20. The maximum atomic E-state index is 13.7. The van der Waals surface area contributed by atoms with Gasteiger partial charge in [-0.2, -0.15) is 0 Å². The van der Waals surface area contributed by atoms with Gasteiger partial charge in [0.05, 0.1) is 6.04 Å². The van der Waals surface area contributed by atoms with Crippen LogP contribution >= 0.6 is 0 Å². The Labute approximate surface area is 112 Å². The summed E-state index contributed by atoms with van der Waals surface area (Å²) in [6.07, 6.45) is 0.943. The minimum atomic E-state index is -0.424. The molecule has 0 amide bonds. The molecule has 100 valence electrons. The highest BCUT2D eigenvalue weighted by atomic mass is 19.1. The van der Waals surface area contributed by atoms with Crippen molar-refractivity contribution in [2.24, 2.45) is 0 Å². The van der Waals surface area contributed by atoms with E-state index in [4.69, 9.17) is 0 Å². The van der Waals surface area contributed by atoms with Gasteiger partial charge in [-0.25, -0.2) is 8.78 Å². The molecule has 1 unspecified atom stereocenters. The number of rotatable bonds is 4. The summed E-state index contributed by atoms with van der Waals surface area (Å²) in [6, 6.07) is 11.2. The molecule has 1 atom stereocenters. The number of aryl methyl sites for hydroxylation is 1. The normalized spacial score (nSPS) is 12.2. The zero-order valence-corrected chi connectivity index (χ0v) is 11.1. The summed E-state index contributed by atoms with van der Waals surface area (Å²) in [5.41, 5.74) is 2.45. The van der Waals surface area contributed by atoms with E-state index < -0.39 is 11.6 Å². The van der Waals surface area contributed by atoms with Crippen molar-refractivity contribution in [3.63, 3.8) is 0 Å². The SMILES string of the molecule is CCc1cccc(NC(C)c2cc(F)ccc2F)c1. The van der Waals surface area contributed by atoms with Gasteiger partial charge in [0.25, 0.3) is 0 Å². The third-order valence-electron chi connectivity index (χ3n) is 3.14.